The van der Waals surface area contributed by atoms with Gasteiger partial charge in [-0.1, -0.05) is 60.3 Å². The molecule has 1 heterocycles. The summed E-state index contributed by atoms with van der Waals surface area (Å²) in [6, 6.07) is 14.5. The van der Waals surface area contributed by atoms with Crippen molar-refractivity contribution < 1.29 is 19.4 Å². The quantitative estimate of drug-likeness (QED) is 0.189. The monoisotopic (exact) mass is 481 g/mol. The molecule has 180 valence electrons. The Morgan fingerprint density at radius 3 is 2.62 bits per heavy atom. The minimum atomic E-state index is -0.701. The Morgan fingerprint density at radius 2 is 1.88 bits per heavy atom. The molecule has 34 heavy (non-hydrogen) atoms. The highest BCUT2D eigenvalue weighted by molar-refractivity contribution is 7.98. The van der Waals surface area contributed by atoms with E-state index in [-0.39, 0.29) is 13.2 Å². The Morgan fingerprint density at radius 1 is 1.12 bits per heavy atom. The van der Waals surface area contributed by atoms with Crippen LogP contribution < -0.4 is 4.90 Å². The third-order valence-electron chi connectivity index (χ3n) is 4.89. The van der Waals surface area contributed by atoms with E-state index in [1.807, 2.05) is 30.5 Å². The van der Waals surface area contributed by atoms with E-state index in [0.29, 0.717) is 29.6 Å². The summed E-state index contributed by atoms with van der Waals surface area (Å²) >= 11 is 1.45. The fourth-order valence-electron chi connectivity index (χ4n) is 3.39. The lowest BCUT2D eigenvalue weighted by Gasteiger charge is -2.25. The lowest BCUT2D eigenvalue weighted by Crippen LogP contribution is -2.26. The third-order valence-corrected chi connectivity index (χ3v) is 5.45. The van der Waals surface area contributed by atoms with Crippen LogP contribution in [0.15, 0.2) is 66.0 Å². The number of hydrogen-bond acceptors (Lipinski definition) is 8. The molecule has 0 atom stereocenters. The molecule has 7 nitrogen and oxygen atoms in total. The highest BCUT2D eigenvalue weighted by Crippen LogP contribution is 2.26. The summed E-state index contributed by atoms with van der Waals surface area (Å²) in [7, 11) is 0. The second kappa shape index (κ2) is 11.9. The fourth-order valence-corrected chi connectivity index (χ4v) is 3.73. The number of carbonyl (C=O) groups is 1. The average Bonchev–Trinajstić information content (AvgIpc) is 2.81. The van der Waals surface area contributed by atoms with Gasteiger partial charge in [0, 0.05) is 24.8 Å². The molecule has 0 fully saturated rings. The number of aromatic nitrogens is 2. The van der Waals surface area contributed by atoms with Crippen LogP contribution in [0.25, 0.3) is 10.8 Å². The second-order valence-corrected chi connectivity index (χ2v) is 9.40. The van der Waals surface area contributed by atoms with Gasteiger partial charge in [0.15, 0.2) is 5.16 Å². The number of hydrogen-bond donors (Lipinski definition) is 1. The summed E-state index contributed by atoms with van der Waals surface area (Å²) < 4.78 is 10.3. The third kappa shape index (κ3) is 7.20. The van der Waals surface area contributed by atoms with Gasteiger partial charge in [-0.25, -0.2) is 14.8 Å². The van der Waals surface area contributed by atoms with E-state index < -0.39 is 11.8 Å². The SMILES string of the molecule is CSc1ncc(CO)c(N(CC=CCOC(=O)OC(C)(C)C)Cc2cccc3ccccc23)n1. The first kappa shape index (κ1) is 25.5. The zero-order valence-corrected chi connectivity index (χ0v) is 20.8. The van der Waals surface area contributed by atoms with Crippen LogP contribution in [0.4, 0.5) is 10.6 Å². The van der Waals surface area contributed by atoms with Crippen LogP contribution in [-0.2, 0) is 22.6 Å². The molecule has 1 aromatic heterocycles. The Balaban J connectivity index is 1.82. The second-order valence-electron chi connectivity index (χ2n) is 8.63. The lowest BCUT2D eigenvalue weighted by molar-refractivity contribution is -0.00243. The van der Waals surface area contributed by atoms with Crippen LogP contribution in [0, 0.1) is 0 Å². The molecule has 0 spiro atoms. The lowest BCUT2D eigenvalue weighted by atomic mass is 10.0. The van der Waals surface area contributed by atoms with E-state index in [1.165, 1.54) is 11.8 Å². The van der Waals surface area contributed by atoms with E-state index in [0.717, 1.165) is 16.3 Å². The van der Waals surface area contributed by atoms with Crippen LogP contribution >= 0.6 is 11.8 Å². The van der Waals surface area contributed by atoms with Crippen molar-refractivity contribution in [3.05, 3.63) is 71.9 Å². The Hall–Kier alpha value is -3.10. The molecule has 0 aliphatic heterocycles. The molecule has 0 radical (unpaired) electrons. The molecule has 1 N–H and O–H groups in total. The Kier molecular flexibility index (Phi) is 8.90. The van der Waals surface area contributed by atoms with Crippen molar-refractivity contribution >= 4 is 34.5 Å². The van der Waals surface area contributed by atoms with Crippen molar-refractivity contribution in [2.24, 2.45) is 0 Å². The maximum Gasteiger partial charge on any atom is 0.509 e. The molecule has 0 saturated carbocycles. The van der Waals surface area contributed by atoms with Crippen LogP contribution in [0.3, 0.4) is 0 Å². The van der Waals surface area contributed by atoms with E-state index >= 15 is 0 Å². The van der Waals surface area contributed by atoms with Gasteiger partial charge < -0.3 is 19.5 Å². The van der Waals surface area contributed by atoms with Crippen LogP contribution in [0.2, 0.25) is 0 Å². The van der Waals surface area contributed by atoms with Gasteiger partial charge in [0.1, 0.15) is 18.0 Å². The Bertz CT molecular complexity index is 1140. The molecule has 8 heteroatoms. The molecule has 2 aromatic carbocycles. The van der Waals surface area contributed by atoms with Gasteiger partial charge in [0.25, 0.3) is 0 Å². The number of anilines is 1. The molecule has 3 aromatic rings. The maximum absolute atomic E-state index is 11.8. The maximum atomic E-state index is 11.8. The van der Waals surface area contributed by atoms with E-state index in [2.05, 4.69) is 39.1 Å². The summed E-state index contributed by atoms with van der Waals surface area (Å²) in [5, 5.41) is 12.9. The number of nitrogens with zero attached hydrogens (tertiary/aromatic N) is 3. The molecule has 3 rings (SSSR count). The molecule has 0 unspecified atom stereocenters. The number of rotatable bonds is 9. The van der Waals surface area contributed by atoms with Crippen molar-refractivity contribution in [2.45, 2.75) is 44.7 Å². The van der Waals surface area contributed by atoms with Crippen LogP contribution in [0.5, 0.6) is 0 Å². The van der Waals surface area contributed by atoms with Gasteiger partial charge in [-0.2, -0.15) is 0 Å². The number of ether oxygens (including phenoxy) is 2. The van der Waals surface area contributed by atoms with Crippen molar-refractivity contribution in [3.63, 3.8) is 0 Å². The molecule has 0 saturated heterocycles. The van der Waals surface area contributed by atoms with Crippen molar-refractivity contribution in [2.75, 3.05) is 24.3 Å². The molecule has 0 aliphatic rings. The largest absolute Gasteiger partial charge is 0.509 e. The number of benzene rings is 2. The van der Waals surface area contributed by atoms with Gasteiger partial charge in [-0.05, 0) is 49.4 Å². The van der Waals surface area contributed by atoms with E-state index in [1.54, 1.807) is 33.0 Å². The van der Waals surface area contributed by atoms with Crippen molar-refractivity contribution in [1.82, 2.24) is 9.97 Å². The summed E-state index contributed by atoms with van der Waals surface area (Å²) in [4.78, 5) is 22.8. The molecule has 0 amide bonds. The summed E-state index contributed by atoms with van der Waals surface area (Å²) in [6.45, 7) is 6.39. The minimum Gasteiger partial charge on any atom is -0.430 e. The highest BCUT2D eigenvalue weighted by Gasteiger charge is 2.17. The molecule has 0 aliphatic carbocycles. The highest BCUT2D eigenvalue weighted by atomic mass is 32.2. The molecular formula is C26H31N3O4S. The zero-order chi connectivity index (χ0) is 24.6. The Labute approximate surface area is 204 Å². The zero-order valence-electron chi connectivity index (χ0n) is 20.0. The first-order valence-electron chi connectivity index (χ1n) is 11.0. The predicted octanol–water partition coefficient (Wildman–Crippen LogP) is 5.36. The number of fused-ring (bicyclic) bond motifs is 1. The normalized spacial score (nSPS) is 11.7. The summed E-state index contributed by atoms with van der Waals surface area (Å²) in [6.07, 6.45) is 6.57. The topological polar surface area (TPSA) is 84.8 Å². The van der Waals surface area contributed by atoms with E-state index in [9.17, 15) is 9.90 Å². The standard InChI is InChI=1S/C26H31N3O4S/c1-26(2,3)33-25(31)32-15-8-7-14-29(23-21(18-30)16-27-24(28-23)34-4)17-20-12-9-11-19-10-5-6-13-22(19)20/h5-13,16,30H,14-15,17-18H2,1-4H3. The van der Waals surface area contributed by atoms with E-state index in [4.69, 9.17) is 9.47 Å². The number of carbonyl (C=O) groups excluding carboxylic acids is 1. The van der Waals surface area contributed by atoms with Gasteiger partial charge in [-0.15, -0.1) is 0 Å². The fraction of sp³-hybridized carbons (Fsp3) is 0.346. The predicted molar refractivity (Wildman–Crippen MR) is 136 cm³/mol. The summed E-state index contributed by atoms with van der Waals surface area (Å²) in [5.74, 6) is 0.674. The summed E-state index contributed by atoms with van der Waals surface area (Å²) in [5.41, 5.74) is 1.19. The number of aliphatic hydroxyl groups is 1. The first-order valence-corrected chi connectivity index (χ1v) is 12.3. The minimum absolute atomic E-state index is 0.101. The molecule has 0 bridgehead atoms. The van der Waals surface area contributed by atoms with Crippen molar-refractivity contribution in [1.29, 1.82) is 0 Å². The first-order chi connectivity index (χ1) is 16.3. The average molecular weight is 482 g/mol. The van der Waals surface area contributed by atoms with Gasteiger partial charge in [0.2, 0.25) is 0 Å². The van der Waals surface area contributed by atoms with Crippen LogP contribution in [0.1, 0.15) is 31.9 Å². The number of aliphatic hydroxyl groups excluding tert-OH is 1. The van der Waals surface area contributed by atoms with Crippen molar-refractivity contribution in [3.8, 4) is 0 Å². The van der Waals surface area contributed by atoms with Crippen LogP contribution in [-0.4, -0.2) is 46.2 Å². The smallest absolute Gasteiger partial charge is 0.430 e. The molecular weight excluding hydrogens is 450 g/mol. The number of thioether (sulfide) groups is 1. The van der Waals surface area contributed by atoms with Gasteiger partial charge >= 0.3 is 6.16 Å². The van der Waals surface area contributed by atoms with Gasteiger partial charge in [0.05, 0.1) is 6.61 Å². The van der Waals surface area contributed by atoms with Gasteiger partial charge in [-0.3, -0.25) is 0 Å².